The number of benzene rings is 1. The van der Waals surface area contributed by atoms with Gasteiger partial charge >= 0.3 is 0 Å². The Morgan fingerprint density at radius 2 is 1.74 bits per heavy atom. The standard InChI is InChI=1S/C16H18N2O/c1-3-18(12-14-8-10-17-11-9-14)16(19)15-6-4-13(2)5-7-15/h4-11H,3,12H2,1-2H3. The summed E-state index contributed by atoms with van der Waals surface area (Å²) in [5.74, 6) is 0.0688. The zero-order chi connectivity index (χ0) is 13.7. The lowest BCUT2D eigenvalue weighted by molar-refractivity contribution is 0.0752. The molecular formula is C16H18N2O. The predicted molar refractivity (Wildman–Crippen MR) is 75.8 cm³/mol. The lowest BCUT2D eigenvalue weighted by Crippen LogP contribution is -2.30. The Bertz CT molecular complexity index is 534. The van der Waals surface area contributed by atoms with Crippen LogP contribution in [0.4, 0.5) is 0 Å². The third kappa shape index (κ3) is 3.41. The molecule has 0 radical (unpaired) electrons. The molecule has 98 valence electrons. The van der Waals surface area contributed by atoms with E-state index in [2.05, 4.69) is 4.98 Å². The number of hydrogen-bond acceptors (Lipinski definition) is 2. The van der Waals surface area contributed by atoms with Crippen LogP contribution in [0.15, 0.2) is 48.8 Å². The molecule has 0 saturated carbocycles. The van der Waals surface area contributed by atoms with Crippen molar-refractivity contribution in [3.63, 3.8) is 0 Å². The molecule has 0 aliphatic carbocycles. The highest BCUT2D eigenvalue weighted by Gasteiger charge is 2.14. The van der Waals surface area contributed by atoms with Gasteiger partial charge in [-0.3, -0.25) is 9.78 Å². The van der Waals surface area contributed by atoms with Crippen molar-refractivity contribution in [1.29, 1.82) is 0 Å². The number of pyridine rings is 1. The Morgan fingerprint density at radius 3 is 2.32 bits per heavy atom. The van der Waals surface area contributed by atoms with E-state index in [0.717, 1.165) is 16.7 Å². The van der Waals surface area contributed by atoms with E-state index in [1.165, 1.54) is 0 Å². The molecule has 0 N–H and O–H groups in total. The van der Waals surface area contributed by atoms with Crippen LogP contribution < -0.4 is 0 Å². The van der Waals surface area contributed by atoms with E-state index in [0.29, 0.717) is 13.1 Å². The fourth-order valence-electron chi connectivity index (χ4n) is 1.91. The Hall–Kier alpha value is -2.16. The van der Waals surface area contributed by atoms with Gasteiger partial charge < -0.3 is 4.90 Å². The van der Waals surface area contributed by atoms with Gasteiger partial charge in [-0.1, -0.05) is 17.7 Å². The summed E-state index contributed by atoms with van der Waals surface area (Å²) < 4.78 is 0. The van der Waals surface area contributed by atoms with E-state index < -0.39 is 0 Å². The summed E-state index contributed by atoms with van der Waals surface area (Å²) >= 11 is 0. The Kier molecular flexibility index (Phi) is 4.29. The normalized spacial score (nSPS) is 10.2. The lowest BCUT2D eigenvalue weighted by atomic mass is 10.1. The van der Waals surface area contributed by atoms with Crippen LogP contribution in [0, 0.1) is 6.92 Å². The molecule has 1 aromatic heterocycles. The topological polar surface area (TPSA) is 33.2 Å². The van der Waals surface area contributed by atoms with Crippen LogP contribution >= 0.6 is 0 Å². The molecule has 0 aliphatic heterocycles. The monoisotopic (exact) mass is 254 g/mol. The number of hydrogen-bond donors (Lipinski definition) is 0. The number of aryl methyl sites for hydroxylation is 1. The lowest BCUT2D eigenvalue weighted by Gasteiger charge is -2.21. The van der Waals surface area contributed by atoms with Gasteiger partial charge in [-0.15, -0.1) is 0 Å². The molecule has 2 rings (SSSR count). The molecule has 0 aliphatic rings. The van der Waals surface area contributed by atoms with Gasteiger partial charge in [-0.25, -0.2) is 0 Å². The van der Waals surface area contributed by atoms with Crippen LogP contribution in [-0.4, -0.2) is 22.3 Å². The van der Waals surface area contributed by atoms with E-state index in [1.54, 1.807) is 12.4 Å². The second-order valence-electron chi connectivity index (χ2n) is 4.54. The maximum atomic E-state index is 12.4. The number of aromatic nitrogens is 1. The summed E-state index contributed by atoms with van der Waals surface area (Å²) in [6.07, 6.45) is 3.50. The van der Waals surface area contributed by atoms with E-state index in [9.17, 15) is 4.79 Å². The molecule has 1 heterocycles. The van der Waals surface area contributed by atoms with E-state index in [4.69, 9.17) is 0 Å². The molecule has 1 aromatic carbocycles. The van der Waals surface area contributed by atoms with E-state index in [1.807, 2.05) is 55.1 Å². The van der Waals surface area contributed by atoms with Gasteiger partial charge in [0.05, 0.1) is 0 Å². The van der Waals surface area contributed by atoms with E-state index >= 15 is 0 Å². The molecule has 19 heavy (non-hydrogen) atoms. The highest BCUT2D eigenvalue weighted by atomic mass is 16.2. The van der Waals surface area contributed by atoms with Crippen molar-refractivity contribution in [3.05, 3.63) is 65.5 Å². The number of rotatable bonds is 4. The first kappa shape index (κ1) is 13.3. The summed E-state index contributed by atoms with van der Waals surface area (Å²) in [6.45, 7) is 5.32. The zero-order valence-electron chi connectivity index (χ0n) is 11.3. The van der Waals surface area contributed by atoms with Crippen molar-refractivity contribution in [2.24, 2.45) is 0 Å². The molecule has 0 bridgehead atoms. The summed E-state index contributed by atoms with van der Waals surface area (Å²) in [4.78, 5) is 18.2. The first-order chi connectivity index (χ1) is 9.20. The maximum Gasteiger partial charge on any atom is 0.254 e. The van der Waals surface area contributed by atoms with Crippen molar-refractivity contribution < 1.29 is 4.79 Å². The second-order valence-corrected chi connectivity index (χ2v) is 4.54. The molecule has 0 unspecified atom stereocenters. The number of carbonyl (C=O) groups excluding carboxylic acids is 1. The van der Waals surface area contributed by atoms with Gasteiger partial charge in [-0.05, 0) is 43.7 Å². The van der Waals surface area contributed by atoms with Crippen molar-refractivity contribution in [2.45, 2.75) is 20.4 Å². The minimum atomic E-state index is 0.0688. The Morgan fingerprint density at radius 1 is 1.11 bits per heavy atom. The molecule has 0 atom stereocenters. The molecule has 0 fully saturated rings. The number of nitrogens with zero attached hydrogens (tertiary/aromatic N) is 2. The SMILES string of the molecule is CCN(Cc1ccncc1)C(=O)c1ccc(C)cc1. The first-order valence-corrected chi connectivity index (χ1v) is 6.45. The Labute approximate surface area is 113 Å². The fraction of sp³-hybridized carbons (Fsp3) is 0.250. The average Bonchev–Trinajstić information content (AvgIpc) is 2.46. The molecule has 2 aromatic rings. The van der Waals surface area contributed by atoms with Crippen LogP contribution in [0.5, 0.6) is 0 Å². The molecule has 0 spiro atoms. The first-order valence-electron chi connectivity index (χ1n) is 6.45. The number of carbonyl (C=O) groups is 1. The van der Waals surface area contributed by atoms with Gasteiger partial charge in [-0.2, -0.15) is 0 Å². The van der Waals surface area contributed by atoms with Gasteiger partial charge in [0.15, 0.2) is 0 Å². The van der Waals surface area contributed by atoms with Crippen molar-refractivity contribution in [3.8, 4) is 0 Å². The van der Waals surface area contributed by atoms with Crippen LogP contribution in [-0.2, 0) is 6.54 Å². The molecule has 1 amide bonds. The summed E-state index contributed by atoms with van der Waals surface area (Å²) in [7, 11) is 0. The largest absolute Gasteiger partial charge is 0.335 e. The van der Waals surface area contributed by atoms with Crippen molar-refractivity contribution in [2.75, 3.05) is 6.54 Å². The van der Waals surface area contributed by atoms with E-state index in [-0.39, 0.29) is 5.91 Å². The molecule has 3 nitrogen and oxygen atoms in total. The highest BCUT2D eigenvalue weighted by Crippen LogP contribution is 2.10. The van der Waals surface area contributed by atoms with Crippen LogP contribution in [0.1, 0.15) is 28.4 Å². The molecule has 0 saturated heterocycles. The maximum absolute atomic E-state index is 12.4. The third-order valence-electron chi connectivity index (χ3n) is 3.09. The molecule has 3 heteroatoms. The predicted octanol–water partition coefficient (Wildman–Crippen LogP) is 3.05. The Balaban J connectivity index is 2.13. The zero-order valence-corrected chi connectivity index (χ0v) is 11.3. The fourth-order valence-corrected chi connectivity index (χ4v) is 1.91. The highest BCUT2D eigenvalue weighted by molar-refractivity contribution is 5.94. The van der Waals surface area contributed by atoms with Crippen molar-refractivity contribution in [1.82, 2.24) is 9.88 Å². The smallest absolute Gasteiger partial charge is 0.254 e. The van der Waals surface area contributed by atoms with Crippen LogP contribution in [0.3, 0.4) is 0 Å². The van der Waals surface area contributed by atoms with Gasteiger partial charge in [0.1, 0.15) is 0 Å². The number of amides is 1. The summed E-state index contributed by atoms with van der Waals surface area (Å²) in [6, 6.07) is 11.6. The average molecular weight is 254 g/mol. The van der Waals surface area contributed by atoms with Crippen molar-refractivity contribution >= 4 is 5.91 Å². The minimum Gasteiger partial charge on any atom is -0.335 e. The summed E-state index contributed by atoms with van der Waals surface area (Å²) in [5, 5.41) is 0. The quantitative estimate of drug-likeness (QED) is 0.840. The summed E-state index contributed by atoms with van der Waals surface area (Å²) in [5.41, 5.74) is 2.99. The van der Waals surface area contributed by atoms with Gasteiger partial charge in [0.2, 0.25) is 0 Å². The molecular weight excluding hydrogens is 236 g/mol. The van der Waals surface area contributed by atoms with Crippen LogP contribution in [0.2, 0.25) is 0 Å². The van der Waals surface area contributed by atoms with Gasteiger partial charge in [0, 0.05) is 31.0 Å². The van der Waals surface area contributed by atoms with Gasteiger partial charge in [0.25, 0.3) is 5.91 Å². The third-order valence-corrected chi connectivity index (χ3v) is 3.09. The second kappa shape index (κ2) is 6.14. The minimum absolute atomic E-state index is 0.0688. The van der Waals surface area contributed by atoms with Crippen LogP contribution in [0.25, 0.3) is 0 Å².